The topological polar surface area (TPSA) is 25.4 Å². The van der Waals surface area contributed by atoms with Gasteiger partial charge in [-0.3, -0.25) is 4.98 Å². The molecule has 0 fully saturated rings. The first-order chi connectivity index (χ1) is 7.36. The van der Waals surface area contributed by atoms with Crippen molar-refractivity contribution in [1.29, 1.82) is 0 Å². The maximum absolute atomic E-state index is 5.29. The molecule has 3 heteroatoms. The van der Waals surface area contributed by atoms with Crippen LogP contribution in [-0.2, 0) is 11.4 Å². The summed E-state index contributed by atoms with van der Waals surface area (Å²) in [5.41, 5.74) is 1.05. The summed E-state index contributed by atoms with van der Waals surface area (Å²) >= 11 is 0. The number of unbranched alkanes of at least 4 members (excludes halogenated alkanes) is 2. The van der Waals surface area contributed by atoms with Crippen molar-refractivity contribution in [3.05, 3.63) is 30.1 Å². The molecular formula is C12H20N2O. The van der Waals surface area contributed by atoms with Crippen molar-refractivity contribution in [1.82, 2.24) is 10.0 Å². The molecule has 1 heterocycles. The van der Waals surface area contributed by atoms with Crippen molar-refractivity contribution < 1.29 is 4.84 Å². The van der Waals surface area contributed by atoms with Gasteiger partial charge in [0.15, 0.2) is 0 Å². The van der Waals surface area contributed by atoms with Gasteiger partial charge in [0.1, 0.15) is 0 Å². The van der Waals surface area contributed by atoms with Crippen LogP contribution in [0.25, 0.3) is 0 Å². The molecule has 84 valence electrons. The SMILES string of the molecule is CCCCCN(Cc1ccccn1)OC. The molecule has 1 aromatic heterocycles. The third-order valence-corrected chi connectivity index (χ3v) is 2.33. The molecule has 0 amide bonds. The number of nitrogens with zero attached hydrogens (tertiary/aromatic N) is 2. The van der Waals surface area contributed by atoms with Gasteiger partial charge in [0, 0.05) is 12.7 Å². The second kappa shape index (κ2) is 7.37. The molecule has 15 heavy (non-hydrogen) atoms. The molecule has 0 aliphatic heterocycles. The second-order valence-corrected chi connectivity index (χ2v) is 3.57. The molecule has 0 aromatic carbocycles. The summed E-state index contributed by atoms with van der Waals surface area (Å²) in [6.07, 6.45) is 5.48. The minimum absolute atomic E-state index is 0.765. The summed E-state index contributed by atoms with van der Waals surface area (Å²) in [5, 5.41) is 1.96. The Morgan fingerprint density at radius 3 is 2.80 bits per heavy atom. The van der Waals surface area contributed by atoms with Crippen LogP contribution in [0.1, 0.15) is 31.9 Å². The van der Waals surface area contributed by atoms with Crippen molar-refractivity contribution in [2.45, 2.75) is 32.7 Å². The van der Waals surface area contributed by atoms with E-state index in [4.69, 9.17) is 4.84 Å². The average Bonchev–Trinajstić information content (AvgIpc) is 2.29. The molecule has 0 atom stereocenters. The minimum Gasteiger partial charge on any atom is -0.302 e. The summed E-state index contributed by atoms with van der Waals surface area (Å²) < 4.78 is 0. The highest BCUT2D eigenvalue weighted by atomic mass is 16.7. The normalized spacial score (nSPS) is 10.9. The summed E-state index contributed by atoms with van der Waals surface area (Å²) in [5.74, 6) is 0. The van der Waals surface area contributed by atoms with Gasteiger partial charge in [0.25, 0.3) is 0 Å². The molecule has 0 aliphatic carbocycles. The van der Waals surface area contributed by atoms with E-state index in [1.54, 1.807) is 7.11 Å². The molecule has 1 rings (SSSR count). The van der Waals surface area contributed by atoms with E-state index < -0.39 is 0 Å². The Kier molecular flexibility index (Phi) is 5.97. The molecule has 0 saturated heterocycles. The molecule has 0 saturated carbocycles. The Morgan fingerprint density at radius 1 is 1.33 bits per heavy atom. The van der Waals surface area contributed by atoms with E-state index in [0.717, 1.165) is 18.8 Å². The van der Waals surface area contributed by atoms with Gasteiger partial charge in [-0.1, -0.05) is 25.8 Å². The molecular weight excluding hydrogens is 188 g/mol. The molecule has 0 spiro atoms. The lowest BCUT2D eigenvalue weighted by Crippen LogP contribution is -2.23. The average molecular weight is 208 g/mol. The number of aromatic nitrogens is 1. The van der Waals surface area contributed by atoms with Crippen molar-refractivity contribution in [3.8, 4) is 0 Å². The van der Waals surface area contributed by atoms with Gasteiger partial charge in [-0.05, 0) is 18.6 Å². The van der Waals surface area contributed by atoms with Crippen LogP contribution < -0.4 is 0 Å². The van der Waals surface area contributed by atoms with Crippen LogP contribution >= 0.6 is 0 Å². The number of hydroxylamine groups is 2. The van der Waals surface area contributed by atoms with E-state index in [9.17, 15) is 0 Å². The van der Waals surface area contributed by atoms with Gasteiger partial charge < -0.3 is 4.84 Å². The van der Waals surface area contributed by atoms with Crippen molar-refractivity contribution in [2.75, 3.05) is 13.7 Å². The standard InChI is InChI=1S/C12H20N2O/c1-3-4-7-10-14(15-2)11-12-8-5-6-9-13-12/h5-6,8-9H,3-4,7,10-11H2,1-2H3. The summed E-state index contributed by atoms with van der Waals surface area (Å²) in [6.45, 7) is 3.94. The molecule has 0 radical (unpaired) electrons. The lowest BCUT2D eigenvalue weighted by molar-refractivity contribution is -0.140. The maximum atomic E-state index is 5.29. The third-order valence-electron chi connectivity index (χ3n) is 2.33. The van der Waals surface area contributed by atoms with Gasteiger partial charge in [-0.2, -0.15) is 5.06 Å². The molecule has 0 N–H and O–H groups in total. The third kappa shape index (κ3) is 4.91. The Bertz CT molecular complexity index is 251. The number of hydrogen-bond donors (Lipinski definition) is 0. The van der Waals surface area contributed by atoms with Gasteiger partial charge in [0.2, 0.25) is 0 Å². The molecule has 0 bridgehead atoms. The Hall–Kier alpha value is -0.930. The predicted molar refractivity (Wildman–Crippen MR) is 61.2 cm³/mol. The van der Waals surface area contributed by atoms with Crippen LogP contribution in [0.5, 0.6) is 0 Å². The fraction of sp³-hybridized carbons (Fsp3) is 0.583. The molecule has 0 aliphatic rings. The van der Waals surface area contributed by atoms with E-state index in [1.165, 1.54) is 19.3 Å². The fourth-order valence-electron chi connectivity index (χ4n) is 1.45. The highest BCUT2D eigenvalue weighted by Crippen LogP contribution is 2.04. The number of hydrogen-bond acceptors (Lipinski definition) is 3. The van der Waals surface area contributed by atoms with Gasteiger partial charge >= 0.3 is 0 Å². The molecule has 0 unspecified atom stereocenters. The van der Waals surface area contributed by atoms with E-state index in [-0.39, 0.29) is 0 Å². The Labute approximate surface area is 92.0 Å². The fourth-order valence-corrected chi connectivity index (χ4v) is 1.45. The zero-order chi connectivity index (χ0) is 10.9. The monoisotopic (exact) mass is 208 g/mol. The quantitative estimate of drug-likeness (QED) is 0.509. The largest absolute Gasteiger partial charge is 0.302 e. The minimum atomic E-state index is 0.765. The van der Waals surface area contributed by atoms with Crippen LogP contribution in [0.15, 0.2) is 24.4 Å². The first-order valence-corrected chi connectivity index (χ1v) is 5.55. The number of pyridine rings is 1. The zero-order valence-corrected chi connectivity index (χ0v) is 9.65. The van der Waals surface area contributed by atoms with Crippen molar-refractivity contribution in [2.24, 2.45) is 0 Å². The van der Waals surface area contributed by atoms with E-state index >= 15 is 0 Å². The smallest absolute Gasteiger partial charge is 0.0664 e. The molecule has 1 aromatic rings. The Morgan fingerprint density at radius 2 is 2.20 bits per heavy atom. The summed E-state index contributed by atoms with van der Waals surface area (Å²) in [7, 11) is 1.72. The van der Waals surface area contributed by atoms with Crippen LogP contribution in [0.4, 0.5) is 0 Å². The van der Waals surface area contributed by atoms with Gasteiger partial charge in [-0.15, -0.1) is 0 Å². The summed E-state index contributed by atoms with van der Waals surface area (Å²) in [4.78, 5) is 9.57. The lowest BCUT2D eigenvalue weighted by Gasteiger charge is -2.18. The maximum Gasteiger partial charge on any atom is 0.0664 e. The van der Waals surface area contributed by atoms with Crippen LogP contribution in [0.3, 0.4) is 0 Å². The van der Waals surface area contributed by atoms with Crippen molar-refractivity contribution in [3.63, 3.8) is 0 Å². The van der Waals surface area contributed by atoms with Gasteiger partial charge in [0.05, 0.1) is 19.3 Å². The highest BCUT2D eigenvalue weighted by Gasteiger charge is 2.04. The summed E-state index contributed by atoms with van der Waals surface area (Å²) in [6, 6.07) is 5.95. The van der Waals surface area contributed by atoms with E-state index in [0.29, 0.717) is 0 Å². The van der Waals surface area contributed by atoms with Crippen molar-refractivity contribution >= 4 is 0 Å². The van der Waals surface area contributed by atoms with E-state index in [1.807, 2.05) is 29.5 Å². The van der Waals surface area contributed by atoms with Crippen LogP contribution in [0, 0.1) is 0 Å². The molecule has 3 nitrogen and oxygen atoms in total. The van der Waals surface area contributed by atoms with E-state index in [2.05, 4.69) is 11.9 Å². The lowest BCUT2D eigenvalue weighted by atomic mass is 10.2. The number of rotatable bonds is 7. The first kappa shape index (κ1) is 12.1. The zero-order valence-electron chi connectivity index (χ0n) is 9.65. The van der Waals surface area contributed by atoms with Crippen LogP contribution in [-0.4, -0.2) is 23.7 Å². The predicted octanol–water partition coefficient (Wildman–Crippen LogP) is 2.64. The highest BCUT2D eigenvalue weighted by molar-refractivity contribution is 5.02. The second-order valence-electron chi connectivity index (χ2n) is 3.57. The Balaban J connectivity index is 2.33. The van der Waals surface area contributed by atoms with Gasteiger partial charge in [-0.25, -0.2) is 0 Å². The first-order valence-electron chi connectivity index (χ1n) is 5.55. The van der Waals surface area contributed by atoms with Crippen LogP contribution in [0.2, 0.25) is 0 Å².